The first-order valence-electron chi connectivity index (χ1n) is 2.06. The van der Waals surface area contributed by atoms with Crippen molar-refractivity contribution in [1.82, 2.24) is 0 Å². The molecule has 52 valence electrons. The molecule has 0 fully saturated rings. The summed E-state index contributed by atoms with van der Waals surface area (Å²) < 4.78 is 0. The van der Waals surface area contributed by atoms with Gasteiger partial charge in [0.05, 0.1) is 12.8 Å². The van der Waals surface area contributed by atoms with Crippen molar-refractivity contribution >= 4 is 39.2 Å². The van der Waals surface area contributed by atoms with Gasteiger partial charge in [0, 0.05) is 0 Å². The summed E-state index contributed by atoms with van der Waals surface area (Å²) >= 11 is 0. The van der Waals surface area contributed by atoms with E-state index in [1.165, 1.54) is 0 Å². The molecule has 0 aromatic rings. The first-order valence-corrected chi connectivity index (χ1v) is 2.06. The van der Waals surface area contributed by atoms with E-state index >= 15 is 0 Å². The fraction of sp³-hybridized carbons (Fsp3) is 0.500. The quantitative estimate of drug-likeness (QED) is 0.654. The molecule has 0 atom stereocenters. The average molecular weight is 327 g/mol. The summed E-state index contributed by atoms with van der Waals surface area (Å²) in [5.41, 5.74) is 0. The zero-order valence-electron chi connectivity index (χ0n) is 4.83. The molecular formula is C4H8O4Pb. The van der Waals surface area contributed by atoms with Gasteiger partial charge >= 0.3 is 39.2 Å². The molecule has 0 aliphatic carbocycles. The van der Waals surface area contributed by atoms with Crippen molar-refractivity contribution in [1.29, 1.82) is 0 Å². The molecule has 0 unspecified atom stereocenters. The van der Waals surface area contributed by atoms with Crippen LogP contribution in [0.3, 0.4) is 0 Å². The molecule has 0 aromatic heterocycles. The molecule has 0 saturated carbocycles. The Balaban J connectivity index is 0. The second kappa shape index (κ2) is 5.99. The minimum atomic E-state index is -1.08. The Hall–Kier alpha value is -0.138. The molecule has 4 nitrogen and oxygen atoms in total. The molecule has 0 aromatic carbocycles. The molecular weight excluding hydrogens is 319 g/mol. The molecule has 0 saturated heterocycles. The van der Waals surface area contributed by atoms with Crippen LogP contribution in [0.1, 0.15) is 12.8 Å². The van der Waals surface area contributed by atoms with Crippen LogP contribution in [-0.2, 0) is 9.59 Å². The van der Waals surface area contributed by atoms with E-state index in [-0.39, 0.29) is 40.1 Å². The Bertz CT molecular complexity index is 97.1. The van der Waals surface area contributed by atoms with E-state index in [2.05, 4.69) is 0 Å². The van der Waals surface area contributed by atoms with Gasteiger partial charge in [0.1, 0.15) is 0 Å². The molecule has 0 aliphatic rings. The third-order valence-corrected chi connectivity index (χ3v) is 0.553. The van der Waals surface area contributed by atoms with E-state index in [0.29, 0.717) is 0 Å². The molecule has 0 aliphatic heterocycles. The van der Waals surface area contributed by atoms with Gasteiger partial charge in [-0.3, -0.25) is 9.59 Å². The van der Waals surface area contributed by atoms with Gasteiger partial charge in [-0.05, 0) is 0 Å². The van der Waals surface area contributed by atoms with E-state index in [9.17, 15) is 9.59 Å². The Morgan fingerprint density at radius 1 is 1.00 bits per heavy atom. The van der Waals surface area contributed by atoms with E-state index < -0.39 is 11.9 Å². The minimum absolute atomic E-state index is 0. The molecule has 9 heavy (non-hydrogen) atoms. The molecule has 0 rings (SSSR count). The SMILES string of the molecule is O=C(O)CCC(=O)O.[PbH2]. The van der Waals surface area contributed by atoms with Crippen molar-refractivity contribution in [2.24, 2.45) is 0 Å². The van der Waals surface area contributed by atoms with Crippen LogP contribution in [0.4, 0.5) is 0 Å². The van der Waals surface area contributed by atoms with Gasteiger partial charge in [-0.1, -0.05) is 0 Å². The van der Waals surface area contributed by atoms with Crippen molar-refractivity contribution < 1.29 is 19.8 Å². The van der Waals surface area contributed by atoms with Gasteiger partial charge in [-0.25, -0.2) is 0 Å². The van der Waals surface area contributed by atoms with Crippen LogP contribution in [0.2, 0.25) is 0 Å². The standard InChI is InChI=1S/C4H6O4.Pb.2H/c5-3(6)1-2-4(7)8;;;/h1-2H2,(H,5,6)(H,7,8);;;. The van der Waals surface area contributed by atoms with Crippen LogP contribution in [-0.4, -0.2) is 49.5 Å². The van der Waals surface area contributed by atoms with E-state index in [1.54, 1.807) is 0 Å². The average Bonchev–Trinajstić information content (AvgIpc) is 1.61. The predicted octanol–water partition coefficient (Wildman–Crippen LogP) is -0.980. The van der Waals surface area contributed by atoms with Crippen molar-refractivity contribution in [2.75, 3.05) is 0 Å². The maximum absolute atomic E-state index is 9.64. The Morgan fingerprint density at radius 3 is 1.33 bits per heavy atom. The topological polar surface area (TPSA) is 74.6 Å². The monoisotopic (exact) mass is 328 g/mol. The van der Waals surface area contributed by atoms with Crippen LogP contribution >= 0.6 is 0 Å². The predicted molar refractivity (Wildman–Crippen MR) is 33.0 cm³/mol. The van der Waals surface area contributed by atoms with Crippen molar-refractivity contribution in [3.8, 4) is 0 Å². The third-order valence-electron chi connectivity index (χ3n) is 0.553. The number of carboxylic acids is 2. The van der Waals surface area contributed by atoms with Gasteiger partial charge in [0.25, 0.3) is 0 Å². The van der Waals surface area contributed by atoms with Crippen molar-refractivity contribution in [2.45, 2.75) is 12.8 Å². The molecule has 0 spiro atoms. The first-order chi connectivity index (χ1) is 3.63. The van der Waals surface area contributed by atoms with Gasteiger partial charge in [0.15, 0.2) is 0 Å². The number of rotatable bonds is 3. The molecule has 5 heteroatoms. The number of hydrogen-bond donors (Lipinski definition) is 2. The van der Waals surface area contributed by atoms with E-state index in [0.717, 1.165) is 0 Å². The summed E-state index contributed by atoms with van der Waals surface area (Å²) in [5, 5.41) is 15.8. The fourth-order valence-corrected chi connectivity index (χ4v) is 0.214. The van der Waals surface area contributed by atoms with Gasteiger partial charge < -0.3 is 10.2 Å². The van der Waals surface area contributed by atoms with Crippen molar-refractivity contribution in [3.63, 3.8) is 0 Å². The molecule has 0 amide bonds. The fourth-order valence-electron chi connectivity index (χ4n) is 0.214. The third kappa shape index (κ3) is 11.4. The summed E-state index contributed by atoms with van der Waals surface area (Å²) in [5.74, 6) is -2.15. The second-order valence-electron chi connectivity index (χ2n) is 1.29. The Labute approximate surface area is 72.0 Å². The van der Waals surface area contributed by atoms with E-state index in [4.69, 9.17) is 10.2 Å². The maximum atomic E-state index is 9.64. The number of hydrogen-bond acceptors (Lipinski definition) is 2. The summed E-state index contributed by atoms with van der Waals surface area (Å²) in [6.07, 6.45) is -0.593. The molecule has 2 radical (unpaired) electrons. The summed E-state index contributed by atoms with van der Waals surface area (Å²) in [6.45, 7) is 0. The normalized spacial score (nSPS) is 7.56. The number of aliphatic carboxylic acids is 2. The van der Waals surface area contributed by atoms with Crippen molar-refractivity contribution in [3.05, 3.63) is 0 Å². The summed E-state index contributed by atoms with van der Waals surface area (Å²) in [4.78, 5) is 19.3. The number of carbonyl (C=O) groups is 2. The van der Waals surface area contributed by atoms with Gasteiger partial charge in [-0.2, -0.15) is 0 Å². The Kier molecular flexibility index (Phi) is 7.74. The molecule has 2 N–H and O–H groups in total. The van der Waals surface area contributed by atoms with Gasteiger partial charge in [-0.15, -0.1) is 0 Å². The zero-order valence-corrected chi connectivity index (χ0v) is 10.3. The van der Waals surface area contributed by atoms with Crippen LogP contribution in [0.15, 0.2) is 0 Å². The number of carboxylic acid groups (broad SMARTS) is 2. The van der Waals surface area contributed by atoms with E-state index in [1.807, 2.05) is 0 Å². The van der Waals surface area contributed by atoms with Crippen LogP contribution in [0.25, 0.3) is 0 Å². The first kappa shape index (κ1) is 11.6. The van der Waals surface area contributed by atoms with Crippen LogP contribution in [0, 0.1) is 0 Å². The summed E-state index contributed by atoms with van der Waals surface area (Å²) in [7, 11) is 0. The zero-order chi connectivity index (χ0) is 6.57. The Morgan fingerprint density at radius 2 is 1.22 bits per heavy atom. The van der Waals surface area contributed by atoms with Gasteiger partial charge in [0.2, 0.25) is 0 Å². The van der Waals surface area contributed by atoms with Crippen LogP contribution in [0.5, 0.6) is 0 Å². The molecule has 0 heterocycles. The van der Waals surface area contributed by atoms with Crippen LogP contribution < -0.4 is 0 Å². The molecule has 0 bridgehead atoms. The second-order valence-corrected chi connectivity index (χ2v) is 1.29. The summed E-state index contributed by atoms with van der Waals surface area (Å²) in [6, 6.07) is 0.